The Morgan fingerprint density at radius 3 is 2.58 bits per heavy atom. The van der Waals surface area contributed by atoms with Crippen LogP contribution >= 0.6 is 0 Å². The van der Waals surface area contributed by atoms with Crippen LogP contribution in [0.1, 0.15) is 66.5 Å². The molecular weight excluding hydrogens is 504 g/mol. The monoisotopic (exact) mass is 528 g/mol. The minimum Gasteiger partial charge on any atom is -0.373 e. The molecule has 6 rings (SSSR count). The van der Waals surface area contributed by atoms with E-state index in [0.29, 0.717) is 43.2 Å². The SMILES string of the molecule is Cc1nc2c(-c3ccc(C(F)(F)F)cc3F)nc(C3CCOC(c4cnn(C5CC5)c4)C3)nc2c(=O)n1C. The van der Waals surface area contributed by atoms with Crippen molar-refractivity contribution in [3.8, 4) is 11.3 Å². The summed E-state index contributed by atoms with van der Waals surface area (Å²) in [6.45, 7) is 2.02. The minimum absolute atomic E-state index is 0.0120. The summed E-state index contributed by atoms with van der Waals surface area (Å²) >= 11 is 0. The molecule has 0 N–H and O–H groups in total. The predicted molar refractivity (Wildman–Crippen MR) is 129 cm³/mol. The molecular formula is C26H24F4N6O2. The first-order chi connectivity index (χ1) is 18.1. The van der Waals surface area contributed by atoms with Crippen LogP contribution in [0.25, 0.3) is 22.3 Å². The number of aromatic nitrogens is 6. The molecule has 8 nitrogen and oxygen atoms in total. The van der Waals surface area contributed by atoms with Gasteiger partial charge in [-0.25, -0.2) is 19.3 Å². The lowest BCUT2D eigenvalue weighted by Gasteiger charge is -2.28. The number of alkyl halides is 3. The van der Waals surface area contributed by atoms with Gasteiger partial charge in [0.05, 0.1) is 23.9 Å². The summed E-state index contributed by atoms with van der Waals surface area (Å²) in [6.07, 6.45) is 2.09. The summed E-state index contributed by atoms with van der Waals surface area (Å²) in [4.78, 5) is 26.7. The van der Waals surface area contributed by atoms with E-state index in [2.05, 4.69) is 20.1 Å². The van der Waals surface area contributed by atoms with E-state index in [-0.39, 0.29) is 34.3 Å². The van der Waals surface area contributed by atoms with Crippen molar-refractivity contribution in [3.05, 3.63) is 69.5 Å². The van der Waals surface area contributed by atoms with Crippen molar-refractivity contribution in [2.45, 2.75) is 56.8 Å². The summed E-state index contributed by atoms with van der Waals surface area (Å²) in [5.41, 5.74) is -0.785. The second-order valence-corrected chi connectivity index (χ2v) is 9.91. The number of benzene rings is 1. The van der Waals surface area contributed by atoms with Crippen LogP contribution in [0, 0.1) is 12.7 Å². The summed E-state index contributed by atoms with van der Waals surface area (Å²) in [5, 5.41) is 4.44. The standard InChI is InChI=1S/C26H24F4N6O2/c1-13-32-22-21(18-6-3-16(10-19(18)27)26(28,29)30)33-24(34-23(22)25(37)35(13)2)14-7-8-38-20(9-14)15-11-31-36(12-15)17-4-5-17/h3,6,10-12,14,17,20H,4-5,7-9H2,1-2H3. The van der Waals surface area contributed by atoms with Gasteiger partial charge in [-0.3, -0.25) is 14.0 Å². The molecule has 2 atom stereocenters. The van der Waals surface area contributed by atoms with Crippen LogP contribution in [0.5, 0.6) is 0 Å². The third-order valence-electron chi connectivity index (χ3n) is 7.28. The number of hydrogen-bond donors (Lipinski definition) is 0. The average Bonchev–Trinajstić information content (AvgIpc) is 3.63. The molecule has 0 spiro atoms. The highest BCUT2D eigenvalue weighted by Crippen LogP contribution is 2.40. The molecule has 2 unspecified atom stereocenters. The highest BCUT2D eigenvalue weighted by Gasteiger charge is 2.33. The molecule has 1 aromatic carbocycles. The van der Waals surface area contributed by atoms with Gasteiger partial charge in [0.2, 0.25) is 0 Å². The third-order valence-corrected chi connectivity index (χ3v) is 7.28. The Balaban J connectivity index is 1.45. The summed E-state index contributed by atoms with van der Waals surface area (Å²) in [5.74, 6) is -0.698. The maximum Gasteiger partial charge on any atom is 0.416 e. The first-order valence-corrected chi connectivity index (χ1v) is 12.4. The van der Waals surface area contributed by atoms with Crippen LogP contribution in [0.2, 0.25) is 0 Å². The molecule has 0 amide bonds. The second kappa shape index (κ2) is 8.97. The van der Waals surface area contributed by atoms with E-state index < -0.39 is 23.1 Å². The molecule has 4 aromatic rings. The molecule has 0 bridgehead atoms. The molecule has 12 heteroatoms. The van der Waals surface area contributed by atoms with Gasteiger partial charge < -0.3 is 4.74 Å². The van der Waals surface area contributed by atoms with Gasteiger partial charge in [0.15, 0.2) is 5.52 Å². The lowest BCUT2D eigenvalue weighted by molar-refractivity contribution is -0.137. The van der Waals surface area contributed by atoms with Gasteiger partial charge in [-0.05, 0) is 50.8 Å². The topological polar surface area (TPSA) is 87.7 Å². The lowest BCUT2D eigenvalue weighted by atomic mass is 9.92. The van der Waals surface area contributed by atoms with E-state index in [1.165, 1.54) is 4.57 Å². The first kappa shape index (κ1) is 24.7. The summed E-state index contributed by atoms with van der Waals surface area (Å²) in [6, 6.07) is 2.68. The fourth-order valence-corrected chi connectivity index (χ4v) is 4.85. The zero-order valence-electron chi connectivity index (χ0n) is 20.7. The van der Waals surface area contributed by atoms with Crippen LogP contribution in [0.15, 0.2) is 35.4 Å². The van der Waals surface area contributed by atoms with Gasteiger partial charge in [0.25, 0.3) is 5.56 Å². The molecule has 0 radical (unpaired) electrons. The van der Waals surface area contributed by atoms with E-state index in [4.69, 9.17) is 4.74 Å². The van der Waals surface area contributed by atoms with Crippen molar-refractivity contribution in [1.29, 1.82) is 0 Å². The van der Waals surface area contributed by atoms with Crippen molar-refractivity contribution in [2.75, 3.05) is 6.61 Å². The van der Waals surface area contributed by atoms with Crippen LogP contribution in [0.4, 0.5) is 17.6 Å². The normalized spacial score (nSPS) is 20.3. The highest BCUT2D eigenvalue weighted by molar-refractivity contribution is 5.88. The molecule has 198 valence electrons. The average molecular weight is 529 g/mol. The van der Waals surface area contributed by atoms with Gasteiger partial charge in [-0.2, -0.15) is 18.3 Å². The van der Waals surface area contributed by atoms with Crippen LogP contribution in [-0.2, 0) is 18.0 Å². The molecule has 3 aromatic heterocycles. The molecule has 2 fully saturated rings. The van der Waals surface area contributed by atoms with E-state index in [1.807, 2.05) is 10.9 Å². The van der Waals surface area contributed by atoms with Crippen molar-refractivity contribution in [3.63, 3.8) is 0 Å². The van der Waals surface area contributed by atoms with E-state index in [1.54, 1.807) is 20.2 Å². The Morgan fingerprint density at radius 2 is 1.87 bits per heavy atom. The largest absolute Gasteiger partial charge is 0.416 e. The molecule has 1 saturated heterocycles. The smallest absolute Gasteiger partial charge is 0.373 e. The Hall–Kier alpha value is -3.67. The number of ether oxygens (including phenoxy) is 1. The van der Waals surface area contributed by atoms with E-state index in [0.717, 1.165) is 30.5 Å². The summed E-state index contributed by atoms with van der Waals surface area (Å²) in [7, 11) is 1.55. The maximum atomic E-state index is 15.1. The van der Waals surface area contributed by atoms with Crippen molar-refractivity contribution in [1.82, 2.24) is 29.3 Å². The van der Waals surface area contributed by atoms with Gasteiger partial charge in [0.1, 0.15) is 28.7 Å². The molecule has 1 aliphatic carbocycles. The minimum atomic E-state index is -4.70. The molecule has 38 heavy (non-hydrogen) atoms. The zero-order valence-corrected chi connectivity index (χ0v) is 20.7. The number of hydrogen-bond acceptors (Lipinski definition) is 6. The maximum absolute atomic E-state index is 15.1. The van der Waals surface area contributed by atoms with Gasteiger partial charge >= 0.3 is 6.18 Å². The first-order valence-electron chi connectivity index (χ1n) is 12.4. The Bertz CT molecular complexity index is 1610. The lowest BCUT2D eigenvalue weighted by Crippen LogP contribution is -2.25. The van der Waals surface area contributed by atoms with Gasteiger partial charge in [-0.15, -0.1) is 0 Å². The fraction of sp³-hybridized carbons (Fsp3) is 0.423. The Morgan fingerprint density at radius 1 is 1.08 bits per heavy atom. The van der Waals surface area contributed by atoms with Crippen LogP contribution in [-0.4, -0.2) is 35.9 Å². The van der Waals surface area contributed by atoms with Crippen molar-refractivity contribution >= 4 is 11.0 Å². The number of halogens is 4. The predicted octanol–water partition coefficient (Wildman–Crippen LogP) is 5.02. The highest BCUT2D eigenvalue weighted by atomic mass is 19.4. The zero-order chi connectivity index (χ0) is 26.8. The quantitative estimate of drug-likeness (QED) is 0.346. The molecule has 1 aliphatic heterocycles. The molecule has 2 aliphatic rings. The molecule has 4 heterocycles. The van der Waals surface area contributed by atoms with E-state index in [9.17, 15) is 18.0 Å². The van der Waals surface area contributed by atoms with E-state index >= 15 is 4.39 Å². The van der Waals surface area contributed by atoms with Gasteiger partial charge in [0, 0.05) is 36.9 Å². The number of rotatable bonds is 4. The van der Waals surface area contributed by atoms with Crippen molar-refractivity contribution < 1.29 is 22.3 Å². The second-order valence-electron chi connectivity index (χ2n) is 9.91. The van der Waals surface area contributed by atoms with Crippen molar-refractivity contribution in [2.24, 2.45) is 7.05 Å². The number of fused-ring (bicyclic) bond motifs is 1. The molecule has 1 saturated carbocycles. The number of aryl methyl sites for hydroxylation is 1. The third kappa shape index (κ3) is 4.36. The summed E-state index contributed by atoms with van der Waals surface area (Å²) < 4.78 is 63.9. The Labute approximate surface area is 214 Å². The number of nitrogens with zero attached hydrogens (tertiary/aromatic N) is 6. The van der Waals surface area contributed by atoms with Crippen LogP contribution in [0.3, 0.4) is 0 Å². The Kier molecular flexibility index (Phi) is 5.82. The fourth-order valence-electron chi connectivity index (χ4n) is 4.85. The van der Waals surface area contributed by atoms with Gasteiger partial charge in [-0.1, -0.05) is 0 Å². The van der Waals surface area contributed by atoms with Crippen LogP contribution < -0.4 is 5.56 Å².